The first-order valence-corrected chi connectivity index (χ1v) is 7.60. The van der Waals surface area contributed by atoms with Gasteiger partial charge in [0.1, 0.15) is 0 Å². The Morgan fingerprint density at radius 1 is 1.10 bits per heavy atom. The van der Waals surface area contributed by atoms with Crippen LogP contribution in [0, 0.1) is 0 Å². The summed E-state index contributed by atoms with van der Waals surface area (Å²) in [5.41, 5.74) is 3.59. The van der Waals surface area contributed by atoms with Crippen LogP contribution in [0.25, 0.3) is 0 Å². The van der Waals surface area contributed by atoms with Crippen molar-refractivity contribution in [3.05, 3.63) is 29.3 Å². The number of hydrogen-bond donors (Lipinski definition) is 3. The van der Waals surface area contributed by atoms with Crippen molar-refractivity contribution < 1.29 is 9.90 Å². The van der Waals surface area contributed by atoms with Crippen LogP contribution in [0.5, 0.6) is 0 Å². The van der Waals surface area contributed by atoms with Gasteiger partial charge >= 0.3 is 6.03 Å². The van der Waals surface area contributed by atoms with Crippen LogP contribution in [0.1, 0.15) is 43.2 Å². The SMILES string of the molecule is O=C(Nc1ccc2c(c1)CCC2)NC1CCCCC1O. The third-order valence-corrected chi connectivity index (χ3v) is 4.40. The number of amides is 2. The summed E-state index contributed by atoms with van der Waals surface area (Å²) < 4.78 is 0. The summed E-state index contributed by atoms with van der Waals surface area (Å²) in [4.78, 5) is 12.0. The van der Waals surface area contributed by atoms with Gasteiger partial charge in [0.25, 0.3) is 0 Å². The average Bonchev–Trinajstić information content (AvgIpc) is 2.89. The molecule has 0 heterocycles. The number of carbonyl (C=O) groups excluding carboxylic acids is 1. The van der Waals surface area contributed by atoms with E-state index in [1.54, 1.807) is 0 Å². The van der Waals surface area contributed by atoms with Gasteiger partial charge in [-0.05, 0) is 55.4 Å². The highest BCUT2D eigenvalue weighted by Crippen LogP contribution is 2.25. The molecule has 4 heteroatoms. The number of urea groups is 1. The molecule has 3 N–H and O–H groups in total. The van der Waals surface area contributed by atoms with E-state index in [4.69, 9.17) is 0 Å². The number of hydrogen-bond acceptors (Lipinski definition) is 2. The van der Waals surface area contributed by atoms with Crippen molar-refractivity contribution in [3.8, 4) is 0 Å². The first-order chi connectivity index (χ1) is 9.72. The molecule has 0 bridgehead atoms. The number of fused-ring (bicyclic) bond motifs is 1. The highest BCUT2D eigenvalue weighted by molar-refractivity contribution is 5.89. The van der Waals surface area contributed by atoms with Crippen molar-refractivity contribution in [1.82, 2.24) is 5.32 Å². The lowest BCUT2D eigenvalue weighted by Gasteiger charge is -2.28. The van der Waals surface area contributed by atoms with Gasteiger partial charge in [0.05, 0.1) is 12.1 Å². The molecule has 2 atom stereocenters. The van der Waals surface area contributed by atoms with E-state index in [0.717, 1.165) is 44.2 Å². The summed E-state index contributed by atoms with van der Waals surface area (Å²) in [6, 6.07) is 5.81. The topological polar surface area (TPSA) is 61.4 Å². The molecule has 1 saturated carbocycles. The van der Waals surface area contributed by atoms with Gasteiger partial charge in [-0.25, -0.2) is 4.79 Å². The van der Waals surface area contributed by atoms with E-state index in [1.165, 1.54) is 17.5 Å². The van der Waals surface area contributed by atoms with Crippen molar-refractivity contribution >= 4 is 11.7 Å². The molecular formula is C16H22N2O2. The fourth-order valence-corrected chi connectivity index (χ4v) is 3.26. The van der Waals surface area contributed by atoms with Crippen LogP contribution >= 0.6 is 0 Å². The number of aliphatic hydroxyl groups is 1. The molecule has 3 rings (SSSR count). The zero-order chi connectivity index (χ0) is 13.9. The monoisotopic (exact) mass is 274 g/mol. The van der Waals surface area contributed by atoms with Crippen molar-refractivity contribution in [2.75, 3.05) is 5.32 Å². The molecule has 20 heavy (non-hydrogen) atoms. The van der Waals surface area contributed by atoms with Crippen LogP contribution in [-0.2, 0) is 12.8 Å². The van der Waals surface area contributed by atoms with Crippen molar-refractivity contribution in [2.24, 2.45) is 0 Å². The molecule has 1 aromatic carbocycles. The minimum atomic E-state index is -0.408. The van der Waals surface area contributed by atoms with Crippen LogP contribution in [0.15, 0.2) is 18.2 Å². The van der Waals surface area contributed by atoms with Crippen LogP contribution in [0.4, 0.5) is 10.5 Å². The number of benzene rings is 1. The fourth-order valence-electron chi connectivity index (χ4n) is 3.26. The molecule has 0 aromatic heterocycles. The quantitative estimate of drug-likeness (QED) is 0.776. The highest BCUT2D eigenvalue weighted by atomic mass is 16.3. The van der Waals surface area contributed by atoms with Gasteiger partial charge in [-0.2, -0.15) is 0 Å². The minimum absolute atomic E-state index is 0.113. The van der Waals surface area contributed by atoms with E-state index in [1.807, 2.05) is 6.07 Å². The fraction of sp³-hybridized carbons (Fsp3) is 0.562. The van der Waals surface area contributed by atoms with E-state index in [0.29, 0.717) is 0 Å². The van der Waals surface area contributed by atoms with E-state index >= 15 is 0 Å². The van der Waals surface area contributed by atoms with Gasteiger partial charge in [0.2, 0.25) is 0 Å². The van der Waals surface area contributed by atoms with Crippen molar-refractivity contribution in [1.29, 1.82) is 0 Å². The molecular weight excluding hydrogens is 252 g/mol. The molecule has 2 aliphatic rings. The Labute approximate surface area is 119 Å². The van der Waals surface area contributed by atoms with Gasteiger partial charge in [0, 0.05) is 5.69 Å². The largest absolute Gasteiger partial charge is 0.391 e. The maximum atomic E-state index is 12.0. The minimum Gasteiger partial charge on any atom is -0.391 e. The van der Waals surface area contributed by atoms with E-state index < -0.39 is 6.10 Å². The normalized spacial score (nSPS) is 25.1. The van der Waals surface area contributed by atoms with Crippen LogP contribution in [0.2, 0.25) is 0 Å². The lowest BCUT2D eigenvalue weighted by atomic mass is 9.93. The van der Waals surface area contributed by atoms with Gasteiger partial charge in [-0.1, -0.05) is 18.9 Å². The smallest absolute Gasteiger partial charge is 0.319 e. The Morgan fingerprint density at radius 2 is 1.90 bits per heavy atom. The molecule has 2 unspecified atom stereocenters. The predicted molar refractivity (Wildman–Crippen MR) is 78.9 cm³/mol. The zero-order valence-corrected chi connectivity index (χ0v) is 11.7. The maximum absolute atomic E-state index is 12.0. The first kappa shape index (κ1) is 13.4. The molecule has 108 valence electrons. The Morgan fingerprint density at radius 3 is 2.75 bits per heavy atom. The summed E-state index contributed by atoms with van der Waals surface area (Å²) in [5.74, 6) is 0. The lowest BCUT2D eigenvalue weighted by molar-refractivity contribution is 0.0955. The Kier molecular flexibility index (Phi) is 3.92. The van der Waals surface area contributed by atoms with Crippen LogP contribution in [-0.4, -0.2) is 23.3 Å². The second kappa shape index (κ2) is 5.83. The van der Waals surface area contributed by atoms with Gasteiger partial charge in [-0.15, -0.1) is 0 Å². The van der Waals surface area contributed by atoms with Gasteiger partial charge < -0.3 is 15.7 Å². The lowest BCUT2D eigenvalue weighted by Crippen LogP contribution is -2.46. The average molecular weight is 274 g/mol. The van der Waals surface area contributed by atoms with E-state index in [-0.39, 0.29) is 12.1 Å². The van der Waals surface area contributed by atoms with E-state index in [2.05, 4.69) is 22.8 Å². The summed E-state index contributed by atoms with van der Waals surface area (Å²) in [6.07, 6.45) is 6.81. The van der Waals surface area contributed by atoms with Crippen molar-refractivity contribution in [3.63, 3.8) is 0 Å². The third-order valence-electron chi connectivity index (χ3n) is 4.40. The highest BCUT2D eigenvalue weighted by Gasteiger charge is 2.24. The Bertz CT molecular complexity index is 501. The molecule has 1 aromatic rings. The molecule has 2 amide bonds. The number of nitrogens with one attached hydrogen (secondary N) is 2. The molecule has 0 radical (unpaired) electrons. The predicted octanol–water partition coefficient (Wildman–Crippen LogP) is 2.60. The molecule has 0 spiro atoms. The molecule has 4 nitrogen and oxygen atoms in total. The summed E-state index contributed by atoms with van der Waals surface area (Å²) in [5, 5.41) is 15.6. The molecule has 0 saturated heterocycles. The molecule has 0 aliphatic heterocycles. The second-order valence-corrected chi connectivity index (χ2v) is 5.89. The number of carbonyl (C=O) groups is 1. The number of aliphatic hydroxyl groups excluding tert-OH is 1. The van der Waals surface area contributed by atoms with E-state index in [9.17, 15) is 9.90 Å². The first-order valence-electron chi connectivity index (χ1n) is 7.60. The summed E-state index contributed by atoms with van der Waals surface area (Å²) in [6.45, 7) is 0. The van der Waals surface area contributed by atoms with Crippen LogP contribution < -0.4 is 10.6 Å². The Balaban J connectivity index is 1.58. The van der Waals surface area contributed by atoms with Gasteiger partial charge in [-0.3, -0.25) is 0 Å². The molecule has 2 aliphatic carbocycles. The third kappa shape index (κ3) is 2.96. The summed E-state index contributed by atoms with van der Waals surface area (Å²) >= 11 is 0. The van der Waals surface area contributed by atoms with Gasteiger partial charge in [0.15, 0.2) is 0 Å². The second-order valence-electron chi connectivity index (χ2n) is 5.89. The Hall–Kier alpha value is -1.55. The standard InChI is InChI=1S/C16H22N2O2/c19-15-7-2-1-6-14(15)18-16(20)17-13-9-8-11-4-3-5-12(11)10-13/h8-10,14-15,19H,1-7H2,(H2,17,18,20). The maximum Gasteiger partial charge on any atom is 0.319 e. The number of aryl methyl sites for hydroxylation is 2. The van der Waals surface area contributed by atoms with Crippen molar-refractivity contribution in [2.45, 2.75) is 57.1 Å². The molecule has 1 fully saturated rings. The number of rotatable bonds is 2. The van der Waals surface area contributed by atoms with Crippen LogP contribution in [0.3, 0.4) is 0 Å². The summed E-state index contributed by atoms with van der Waals surface area (Å²) in [7, 11) is 0. The zero-order valence-electron chi connectivity index (χ0n) is 11.7. The number of anilines is 1.